The Bertz CT molecular complexity index is 661. The van der Waals surface area contributed by atoms with Crippen LogP contribution < -0.4 is 10.6 Å². The second-order valence-corrected chi connectivity index (χ2v) is 12.5. The number of nitrogens with one attached hydrogen (secondary N) is 2. The summed E-state index contributed by atoms with van der Waals surface area (Å²) in [6.45, 7) is 18.2. The van der Waals surface area contributed by atoms with Crippen molar-refractivity contribution in [3.63, 3.8) is 0 Å². The Balaban J connectivity index is 0. The molecule has 0 heterocycles. The number of hydrogen-bond acceptors (Lipinski definition) is 9. The summed E-state index contributed by atoms with van der Waals surface area (Å²) < 4.78 is 22.5. The van der Waals surface area contributed by atoms with Gasteiger partial charge in [-0.05, 0) is 53.9 Å². The van der Waals surface area contributed by atoms with Crippen LogP contribution in [0.4, 0.5) is 4.79 Å². The molecule has 3 amide bonds. The van der Waals surface area contributed by atoms with Gasteiger partial charge in [-0.1, -0.05) is 20.8 Å². The van der Waals surface area contributed by atoms with Crippen molar-refractivity contribution in [1.29, 1.82) is 0 Å². The average Bonchev–Trinajstić information content (AvgIpc) is 2.93. The topological polar surface area (TPSA) is 156 Å². The van der Waals surface area contributed by atoms with Crippen molar-refractivity contribution in [2.24, 2.45) is 11.3 Å². The molecule has 0 aliphatic heterocycles. The van der Waals surface area contributed by atoms with Crippen LogP contribution in [-0.2, 0) is 27.6 Å². The van der Waals surface area contributed by atoms with Gasteiger partial charge in [-0.2, -0.15) is 0 Å². The number of aliphatic hydroxyl groups is 2. The van der Waals surface area contributed by atoms with Crippen molar-refractivity contribution in [1.82, 2.24) is 15.5 Å². The molecule has 0 fully saturated rings. The maximum absolute atomic E-state index is 11.8. The first-order valence-corrected chi connectivity index (χ1v) is 16.5. The average molecular weight is 596 g/mol. The van der Waals surface area contributed by atoms with Crippen molar-refractivity contribution in [3.8, 4) is 0 Å². The lowest BCUT2D eigenvalue weighted by atomic mass is 9.91. The summed E-state index contributed by atoms with van der Waals surface area (Å²) in [5, 5.41) is 22.8. The zero-order valence-electron chi connectivity index (χ0n) is 26.2. The monoisotopic (exact) mass is 595 g/mol. The second kappa shape index (κ2) is 23.9. The molecule has 0 bridgehead atoms. The third-order valence-electron chi connectivity index (χ3n) is 6.18. The Hall–Kier alpha value is -1.77. The Morgan fingerprint density at radius 2 is 1.38 bits per heavy atom. The Morgan fingerprint density at radius 1 is 0.875 bits per heavy atom. The van der Waals surface area contributed by atoms with Gasteiger partial charge in [0.05, 0.1) is 25.2 Å². The first-order valence-electron chi connectivity index (χ1n) is 14.5. The van der Waals surface area contributed by atoms with Gasteiger partial charge in [0.1, 0.15) is 6.61 Å². The lowest BCUT2D eigenvalue weighted by molar-refractivity contribution is -0.153. The van der Waals surface area contributed by atoms with Crippen molar-refractivity contribution in [2.75, 3.05) is 65.8 Å². The quantitative estimate of drug-likeness (QED) is 0.0890. The van der Waals surface area contributed by atoms with E-state index in [1.54, 1.807) is 0 Å². The van der Waals surface area contributed by atoms with Gasteiger partial charge in [0.25, 0.3) is 0 Å². The van der Waals surface area contributed by atoms with Crippen LogP contribution in [0.1, 0.15) is 74.7 Å². The van der Waals surface area contributed by atoms with Crippen LogP contribution in [0.25, 0.3) is 0 Å². The van der Waals surface area contributed by atoms with Gasteiger partial charge in [0.2, 0.25) is 5.91 Å². The lowest BCUT2D eigenvalue weighted by Gasteiger charge is -2.28. The highest BCUT2D eigenvalue weighted by molar-refractivity contribution is 6.60. The van der Waals surface area contributed by atoms with Crippen molar-refractivity contribution in [2.45, 2.75) is 80.7 Å². The van der Waals surface area contributed by atoms with Crippen LogP contribution in [0.15, 0.2) is 0 Å². The van der Waals surface area contributed by atoms with Gasteiger partial charge in [0, 0.05) is 51.4 Å². The molecule has 0 aliphatic rings. The minimum Gasteiger partial charge on any atom is -0.463 e. The van der Waals surface area contributed by atoms with Gasteiger partial charge < -0.3 is 43.8 Å². The van der Waals surface area contributed by atoms with Crippen LogP contribution in [0.3, 0.4) is 0 Å². The summed E-state index contributed by atoms with van der Waals surface area (Å²) in [4.78, 5) is 36.7. The molecule has 1 atom stereocenters. The number of aliphatic hydroxyl groups excluding tert-OH is 2. The molecule has 40 heavy (non-hydrogen) atoms. The SMILES string of the molecule is CCC(C)C(=O)N(CCO)CCO.CCO[Si](CCCNC(=O)NCCOC(=O)C(C)(C)CC)(OCC)OCC. The Labute approximate surface area is 242 Å². The zero-order valence-corrected chi connectivity index (χ0v) is 27.2. The van der Waals surface area contributed by atoms with Gasteiger partial charge in [-0.15, -0.1) is 0 Å². The first-order chi connectivity index (χ1) is 18.9. The number of esters is 1. The summed E-state index contributed by atoms with van der Waals surface area (Å²) in [6.07, 6.45) is 2.18. The van der Waals surface area contributed by atoms with E-state index in [2.05, 4.69) is 10.6 Å². The van der Waals surface area contributed by atoms with E-state index in [4.69, 9.17) is 28.2 Å². The van der Waals surface area contributed by atoms with Crippen LogP contribution in [0, 0.1) is 11.3 Å². The molecule has 0 rings (SSSR count). The molecule has 4 N–H and O–H groups in total. The number of amides is 3. The number of carbonyl (C=O) groups is 3. The van der Waals surface area contributed by atoms with Gasteiger partial charge in [0.15, 0.2) is 0 Å². The van der Waals surface area contributed by atoms with Gasteiger partial charge in [-0.3, -0.25) is 9.59 Å². The van der Waals surface area contributed by atoms with Gasteiger partial charge in [-0.25, -0.2) is 4.79 Å². The molecule has 0 spiro atoms. The number of ether oxygens (including phenoxy) is 1. The molecule has 12 nitrogen and oxygen atoms in total. The number of hydrogen-bond donors (Lipinski definition) is 4. The Kier molecular flexibility index (Phi) is 24.1. The van der Waals surface area contributed by atoms with E-state index in [1.807, 2.05) is 55.4 Å². The van der Waals surface area contributed by atoms with E-state index in [9.17, 15) is 14.4 Å². The summed E-state index contributed by atoms with van der Waals surface area (Å²) in [6, 6.07) is 0.351. The van der Waals surface area contributed by atoms with E-state index in [-0.39, 0.29) is 50.2 Å². The first kappa shape index (κ1) is 40.4. The highest BCUT2D eigenvalue weighted by Gasteiger charge is 2.39. The molecule has 0 aromatic heterocycles. The predicted octanol–water partition coefficient (Wildman–Crippen LogP) is 2.55. The molecule has 0 aliphatic carbocycles. The number of carbonyl (C=O) groups excluding carboxylic acids is 3. The van der Waals surface area contributed by atoms with E-state index >= 15 is 0 Å². The van der Waals surface area contributed by atoms with Crippen molar-refractivity contribution < 1.29 is 42.6 Å². The molecule has 1 unspecified atom stereocenters. The third-order valence-corrected chi connectivity index (χ3v) is 9.33. The minimum absolute atomic E-state index is 0.00519. The fourth-order valence-electron chi connectivity index (χ4n) is 3.28. The molecule has 0 aromatic rings. The minimum atomic E-state index is -2.66. The normalized spacial score (nSPS) is 12.2. The summed E-state index contributed by atoms with van der Waals surface area (Å²) >= 11 is 0. The fraction of sp³-hybridized carbons (Fsp3) is 0.889. The number of rotatable bonds is 21. The van der Waals surface area contributed by atoms with Crippen LogP contribution in [0.2, 0.25) is 6.04 Å². The molecule has 0 saturated heterocycles. The molecular formula is C27H57N3O9Si. The molecule has 0 radical (unpaired) electrons. The maximum Gasteiger partial charge on any atom is 0.500 e. The van der Waals surface area contributed by atoms with E-state index in [0.29, 0.717) is 58.3 Å². The highest BCUT2D eigenvalue weighted by Crippen LogP contribution is 2.21. The highest BCUT2D eigenvalue weighted by atomic mass is 28.4. The van der Waals surface area contributed by atoms with Crippen LogP contribution >= 0.6 is 0 Å². The largest absolute Gasteiger partial charge is 0.500 e. The molecule has 0 aromatic carbocycles. The van der Waals surface area contributed by atoms with Crippen LogP contribution in [-0.4, -0.2) is 108 Å². The maximum atomic E-state index is 11.8. The summed E-state index contributed by atoms with van der Waals surface area (Å²) in [7, 11) is -2.66. The predicted molar refractivity (Wildman–Crippen MR) is 157 cm³/mol. The molecular weight excluding hydrogens is 538 g/mol. The van der Waals surface area contributed by atoms with E-state index < -0.39 is 14.2 Å². The molecule has 13 heteroatoms. The number of nitrogens with zero attached hydrogens (tertiary/aromatic N) is 1. The number of urea groups is 1. The fourth-order valence-corrected chi connectivity index (χ4v) is 5.89. The Morgan fingerprint density at radius 3 is 1.80 bits per heavy atom. The van der Waals surface area contributed by atoms with Crippen LogP contribution in [0.5, 0.6) is 0 Å². The summed E-state index contributed by atoms with van der Waals surface area (Å²) in [5.74, 6) is -0.278. The smallest absolute Gasteiger partial charge is 0.463 e. The summed E-state index contributed by atoms with van der Waals surface area (Å²) in [5.41, 5.74) is -0.500. The van der Waals surface area contributed by atoms with Crippen molar-refractivity contribution >= 4 is 26.7 Å². The molecule has 238 valence electrons. The van der Waals surface area contributed by atoms with E-state index in [1.165, 1.54) is 4.90 Å². The lowest BCUT2D eigenvalue weighted by Crippen LogP contribution is -2.46. The van der Waals surface area contributed by atoms with Gasteiger partial charge >= 0.3 is 20.8 Å². The molecule has 0 saturated carbocycles. The van der Waals surface area contributed by atoms with E-state index in [0.717, 1.165) is 6.42 Å². The third kappa shape index (κ3) is 17.8. The van der Waals surface area contributed by atoms with Crippen molar-refractivity contribution in [3.05, 3.63) is 0 Å². The second-order valence-electron chi connectivity index (χ2n) is 9.72. The zero-order chi connectivity index (χ0) is 31.0. The standard InChI is InChI=1S/C18H38N2O6Si.C9H19NO3/c1-7-18(5,6)16(21)23-14-13-20-17(22)19-12-11-15-27(24-8-2,25-9-3)26-10-4;1-3-8(2)9(13)10(4-6-11)5-7-12/h7-15H2,1-6H3,(H2,19,20,22);8,11-12H,3-7H2,1-2H3.